The van der Waals surface area contributed by atoms with Crippen LogP contribution < -0.4 is 10.6 Å². The highest BCUT2D eigenvalue weighted by Gasteiger charge is 2.07. The molecule has 4 nitrogen and oxygen atoms in total. The number of nitrogens with zero attached hydrogens (tertiary/aromatic N) is 1. The number of nitrogens with one attached hydrogen (secondary N) is 2. The summed E-state index contributed by atoms with van der Waals surface area (Å²) in [6.45, 7) is 2.78. The summed E-state index contributed by atoms with van der Waals surface area (Å²) >= 11 is 0. The molecular formula is C16H19N3O. The summed E-state index contributed by atoms with van der Waals surface area (Å²) in [5.41, 5.74) is 2.27. The third kappa shape index (κ3) is 4.09. The zero-order chi connectivity index (χ0) is 14.2. The number of para-hydroxylation sites is 1. The van der Waals surface area contributed by atoms with Crippen molar-refractivity contribution in [1.82, 2.24) is 10.3 Å². The van der Waals surface area contributed by atoms with Gasteiger partial charge in [-0.15, -0.1) is 0 Å². The van der Waals surface area contributed by atoms with Gasteiger partial charge in [-0.25, -0.2) is 0 Å². The van der Waals surface area contributed by atoms with Gasteiger partial charge in [0, 0.05) is 24.1 Å². The minimum Gasteiger partial charge on any atom is -0.355 e. The van der Waals surface area contributed by atoms with Crippen molar-refractivity contribution in [3.05, 3.63) is 54.4 Å². The van der Waals surface area contributed by atoms with E-state index in [4.69, 9.17) is 0 Å². The van der Waals surface area contributed by atoms with E-state index < -0.39 is 0 Å². The Morgan fingerprint density at radius 1 is 1.15 bits per heavy atom. The van der Waals surface area contributed by atoms with Crippen LogP contribution in [0.25, 0.3) is 0 Å². The molecule has 0 radical (unpaired) electrons. The van der Waals surface area contributed by atoms with Crippen molar-refractivity contribution in [2.24, 2.45) is 0 Å². The first kappa shape index (κ1) is 14.1. The highest BCUT2D eigenvalue weighted by Crippen LogP contribution is 2.15. The molecule has 20 heavy (non-hydrogen) atoms. The molecule has 0 aliphatic carbocycles. The van der Waals surface area contributed by atoms with Crippen LogP contribution in [0.4, 0.5) is 11.4 Å². The van der Waals surface area contributed by atoms with Crippen LogP contribution in [0.1, 0.15) is 30.3 Å². The normalized spacial score (nSPS) is 10.1. The fraction of sp³-hybridized carbons (Fsp3) is 0.250. The number of benzene rings is 1. The number of carbonyl (C=O) groups is 1. The second-order valence-corrected chi connectivity index (χ2v) is 4.53. The number of hydrogen-bond acceptors (Lipinski definition) is 3. The molecule has 2 N–H and O–H groups in total. The number of rotatable bonds is 6. The summed E-state index contributed by atoms with van der Waals surface area (Å²) in [6.07, 6.45) is 3.68. The summed E-state index contributed by atoms with van der Waals surface area (Å²) in [7, 11) is 0. The molecule has 0 fully saturated rings. The van der Waals surface area contributed by atoms with Gasteiger partial charge >= 0.3 is 0 Å². The van der Waals surface area contributed by atoms with Gasteiger partial charge in [0.2, 0.25) is 0 Å². The molecule has 0 saturated heterocycles. The minimum atomic E-state index is -0.129. The molecule has 4 heteroatoms. The molecular weight excluding hydrogens is 250 g/mol. The van der Waals surface area contributed by atoms with Crippen LogP contribution in [0.15, 0.2) is 48.7 Å². The summed E-state index contributed by atoms with van der Waals surface area (Å²) in [5, 5.41) is 6.11. The molecule has 0 atom stereocenters. The summed E-state index contributed by atoms with van der Waals surface area (Å²) in [5.74, 6) is -0.129. The zero-order valence-corrected chi connectivity index (χ0v) is 11.6. The van der Waals surface area contributed by atoms with Gasteiger partial charge in [0.05, 0.1) is 0 Å². The Labute approximate surface area is 119 Å². The molecule has 1 aromatic heterocycles. The molecule has 1 aromatic carbocycles. The van der Waals surface area contributed by atoms with Gasteiger partial charge in [-0.1, -0.05) is 31.5 Å². The maximum atomic E-state index is 11.9. The van der Waals surface area contributed by atoms with Gasteiger partial charge in [0.25, 0.3) is 5.91 Å². The number of pyridine rings is 1. The molecule has 0 unspecified atom stereocenters. The van der Waals surface area contributed by atoms with Crippen LogP contribution in [0.5, 0.6) is 0 Å². The fourth-order valence-corrected chi connectivity index (χ4v) is 1.79. The topological polar surface area (TPSA) is 54.0 Å². The lowest BCUT2D eigenvalue weighted by Crippen LogP contribution is -2.25. The lowest BCUT2D eigenvalue weighted by atomic mass is 10.2. The molecule has 0 spiro atoms. The Hall–Kier alpha value is -2.36. The number of anilines is 2. The van der Waals surface area contributed by atoms with Crippen molar-refractivity contribution >= 4 is 17.3 Å². The number of hydrogen-bond donors (Lipinski definition) is 2. The van der Waals surface area contributed by atoms with Crippen LogP contribution in [0, 0.1) is 0 Å². The van der Waals surface area contributed by atoms with Crippen molar-refractivity contribution in [1.29, 1.82) is 0 Å². The Kier molecular flexibility index (Phi) is 5.12. The van der Waals surface area contributed by atoms with Crippen LogP contribution in [-0.4, -0.2) is 17.4 Å². The van der Waals surface area contributed by atoms with E-state index in [0.29, 0.717) is 12.2 Å². The lowest BCUT2D eigenvalue weighted by molar-refractivity contribution is 0.0948. The van der Waals surface area contributed by atoms with E-state index in [0.717, 1.165) is 24.2 Å². The average Bonchev–Trinajstić information content (AvgIpc) is 2.49. The van der Waals surface area contributed by atoms with Crippen LogP contribution in [0.2, 0.25) is 0 Å². The van der Waals surface area contributed by atoms with E-state index in [-0.39, 0.29) is 5.91 Å². The highest BCUT2D eigenvalue weighted by atomic mass is 16.1. The maximum absolute atomic E-state index is 11.9. The third-order valence-corrected chi connectivity index (χ3v) is 2.87. The van der Waals surface area contributed by atoms with Crippen molar-refractivity contribution in [3.63, 3.8) is 0 Å². The highest BCUT2D eigenvalue weighted by molar-refractivity contribution is 5.93. The van der Waals surface area contributed by atoms with Crippen molar-refractivity contribution in [2.75, 3.05) is 11.9 Å². The zero-order valence-electron chi connectivity index (χ0n) is 11.6. The quantitative estimate of drug-likeness (QED) is 0.791. The Morgan fingerprint density at radius 3 is 2.70 bits per heavy atom. The van der Waals surface area contributed by atoms with Crippen molar-refractivity contribution in [2.45, 2.75) is 19.8 Å². The fourth-order valence-electron chi connectivity index (χ4n) is 1.79. The lowest BCUT2D eigenvalue weighted by Gasteiger charge is -2.08. The Balaban J connectivity index is 2.02. The molecule has 0 bridgehead atoms. The Morgan fingerprint density at radius 2 is 1.95 bits per heavy atom. The van der Waals surface area contributed by atoms with Crippen molar-refractivity contribution < 1.29 is 4.79 Å². The standard InChI is InChI=1S/C16H19N3O/c1-2-3-10-18-16(20)15-12-14(9-11-17-15)19-13-7-5-4-6-8-13/h4-9,11-12H,2-3,10H2,1H3,(H,17,19)(H,18,20). The molecule has 0 aliphatic heterocycles. The van der Waals surface area contributed by atoms with Gasteiger partial charge in [-0.05, 0) is 30.7 Å². The van der Waals surface area contributed by atoms with Gasteiger partial charge in [-0.2, -0.15) is 0 Å². The largest absolute Gasteiger partial charge is 0.355 e. The van der Waals surface area contributed by atoms with Crippen LogP contribution in [-0.2, 0) is 0 Å². The molecule has 2 rings (SSSR count). The summed E-state index contributed by atoms with van der Waals surface area (Å²) < 4.78 is 0. The molecule has 2 aromatic rings. The molecule has 104 valence electrons. The molecule has 1 heterocycles. The first-order valence-electron chi connectivity index (χ1n) is 6.86. The van der Waals surface area contributed by atoms with Crippen LogP contribution in [0.3, 0.4) is 0 Å². The number of carbonyl (C=O) groups excluding carboxylic acids is 1. The second kappa shape index (κ2) is 7.28. The van der Waals surface area contributed by atoms with E-state index in [2.05, 4.69) is 22.5 Å². The van der Waals surface area contributed by atoms with Crippen LogP contribution >= 0.6 is 0 Å². The summed E-state index contributed by atoms with van der Waals surface area (Å²) in [6, 6.07) is 13.4. The first-order valence-corrected chi connectivity index (χ1v) is 6.86. The van der Waals surface area contributed by atoms with E-state index in [1.54, 1.807) is 12.3 Å². The smallest absolute Gasteiger partial charge is 0.269 e. The van der Waals surface area contributed by atoms with E-state index >= 15 is 0 Å². The average molecular weight is 269 g/mol. The predicted molar refractivity (Wildman–Crippen MR) is 81.2 cm³/mol. The number of unbranched alkanes of at least 4 members (excludes halogenated alkanes) is 1. The predicted octanol–water partition coefficient (Wildman–Crippen LogP) is 3.36. The molecule has 0 aliphatic rings. The van der Waals surface area contributed by atoms with E-state index in [1.165, 1.54) is 0 Å². The minimum absolute atomic E-state index is 0.129. The Bertz CT molecular complexity index is 555. The third-order valence-electron chi connectivity index (χ3n) is 2.87. The van der Waals surface area contributed by atoms with Crippen molar-refractivity contribution in [3.8, 4) is 0 Å². The molecule has 0 saturated carbocycles. The SMILES string of the molecule is CCCCNC(=O)c1cc(Nc2ccccc2)ccn1. The summed E-state index contributed by atoms with van der Waals surface area (Å²) in [4.78, 5) is 16.0. The first-order chi connectivity index (χ1) is 9.79. The number of aromatic nitrogens is 1. The van der Waals surface area contributed by atoms with Gasteiger partial charge < -0.3 is 10.6 Å². The van der Waals surface area contributed by atoms with E-state index in [1.807, 2.05) is 36.4 Å². The van der Waals surface area contributed by atoms with Gasteiger partial charge in [0.15, 0.2) is 0 Å². The maximum Gasteiger partial charge on any atom is 0.269 e. The molecule has 1 amide bonds. The monoisotopic (exact) mass is 269 g/mol. The second-order valence-electron chi connectivity index (χ2n) is 4.53. The van der Waals surface area contributed by atoms with Gasteiger partial charge in [-0.3, -0.25) is 9.78 Å². The number of amides is 1. The van der Waals surface area contributed by atoms with Gasteiger partial charge in [0.1, 0.15) is 5.69 Å². The van der Waals surface area contributed by atoms with E-state index in [9.17, 15) is 4.79 Å².